The van der Waals surface area contributed by atoms with Gasteiger partial charge in [0.2, 0.25) is 12.0 Å². The van der Waals surface area contributed by atoms with Crippen LogP contribution in [0.25, 0.3) is 22.3 Å². The molecule has 3 heterocycles. The fourth-order valence-electron chi connectivity index (χ4n) is 4.89. The summed E-state index contributed by atoms with van der Waals surface area (Å²) in [6.07, 6.45) is -17.4. The fourth-order valence-corrected chi connectivity index (χ4v) is 4.89. The Balaban J connectivity index is 1.51. The highest BCUT2D eigenvalue weighted by Gasteiger charge is 2.51. The van der Waals surface area contributed by atoms with Crippen LogP contribution in [0, 0.1) is 0 Å². The lowest BCUT2D eigenvalue weighted by Crippen LogP contribution is -2.65. The zero-order valence-electron chi connectivity index (χ0n) is 22.1. The molecule has 2 fully saturated rings. The molecule has 3 aromatic rings. The van der Waals surface area contributed by atoms with E-state index >= 15 is 0 Å². The minimum absolute atomic E-state index is 0.0408. The van der Waals surface area contributed by atoms with E-state index in [0.717, 1.165) is 12.1 Å². The summed E-state index contributed by atoms with van der Waals surface area (Å²) in [4.78, 5) is 12.8. The fraction of sp³-hybridized carbons (Fsp3) is 0.444. The van der Waals surface area contributed by atoms with Crippen molar-refractivity contribution < 1.29 is 74.4 Å². The van der Waals surface area contributed by atoms with Gasteiger partial charge in [0, 0.05) is 17.7 Å². The molecule has 0 amide bonds. The Hall–Kier alpha value is -3.55. The molecule has 16 heteroatoms. The van der Waals surface area contributed by atoms with Crippen molar-refractivity contribution in [2.75, 3.05) is 13.2 Å². The highest BCUT2D eigenvalue weighted by Crippen LogP contribution is 2.42. The topological polar surface area (TPSA) is 269 Å². The maximum atomic E-state index is 12.8. The summed E-state index contributed by atoms with van der Waals surface area (Å²) in [6, 6.07) is 7.46. The first-order valence-corrected chi connectivity index (χ1v) is 13.0. The molecule has 0 saturated carbocycles. The zero-order chi connectivity index (χ0) is 31.2. The molecule has 10 atom stereocenters. The minimum atomic E-state index is -1.91. The number of rotatable bonds is 7. The van der Waals surface area contributed by atoms with Gasteiger partial charge in [0.25, 0.3) is 0 Å². The molecule has 2 aliphatic rings. The SMILES string of the molecule is O=c1cc(-c2ccc(O)cc2)oc2c(O)c(O[C@@H]3OC(CO)[C@@H](O)[C@H](O)C3O[C@@H]3OC(CO)[C@@H](O)[C@H](O)C3O)cc(O)c12. The molecular formula is C27H30O16. The van der Waals surface area contributed by atoms with Gasteiger partial charge < -0.3 is 74.4 Å². The summed E-state index contributed by atoms with van der Waals surface area (Å²) < 4.78 is 27.8. The van der Waals surface area contributed by atoms with Crippen LogP contribution in [0.2, 0.25) is 0 Å². The Kier molecular flexibility index (Phi) is 8.77. The molecule has 2 saturated heterocycles. The van der Waals surface area contributed by atoms with Gasteiger partial charge in [0.05, 0.1) is 13.2 Å². The van der Waals surface area contributed by atoms with Crippen LogP contribution < -0.4 is 10.2 Å². The average molecular weight is 611 g/mol. The molecule has 43 heavy (non-hydrogen) atoms. The van der Waals surface area contributed by atoms with E-state index in [9.17, 15) is 55.9 Å². The number of hydrogen-bond donors (Lipinski definition) is 10. The molecule has 4 unspecified atom stereocenters. The molecule has 0 spiro atoms. The van der Waals surface area contributed by atoms with E-state index in [-0.39, 0.29) is 11.5 Å². The van der Waals surface area contributed by atoms with Gasteiger partial charge in [-0.3, -0.25) is 4.79 Å². The van der Waals surface area contributed by atoms with Gasteiger partial charge in [0.1, 0.15) is 65.4 Å². The number of aliphatic hydroxyl groups is 7. The zero-order valence-corrected chi connectivity index (χ0v) is 22.1. The predicted molar refractivity (Wildman–Crippen MR) is 140 cm³/mol. The van der Waals surface area contributed by atoms with Crippen molar-refractivity contribution in [1.82, 2.24) is 0 Å². The summed E-state index contributed by atoms with van der Waals surface area (Å²) in [7, 11) is 0. The smallest absolute Gasteiger partial charge is 0.229 e. The molecule has 2 aromatic carbocycles. The lowest BCUT2D eigenvalue weighted by atomic mass is 9.97. The van der Waals surface area contributed by atoms with E-state index in [2.05, 4.69) is 0 Å². The van der Waals surface area contributed by atoms with Crippen LogP contribution in [0.1, 0.15) is 0 Å². The van der Waals surface area contributed by atoms with Gasteiger partial charge in [-0.15, -0.1) is 0 Å². The highest BCUT2D eigenvalue weighted by molar-refractivity contribution is 5.91. The molecular weight excluding hydrogens is 580 g/mol. The van der Waals surface area contributed by atoms with Crippen molar-refractivity contribution in [1.29, 1.82) is 0 Å². The molecule has 1 aromatic heterocycles. The predicted octanol–water partition coefficient (Wildman–Crippen LogP) is -2.42. The number of aromatic hydroxyl groups is 3. The summed E-state index contributed by atoms with van der Waals surface area (Å²) in [5, 5.41) is 102. The van der Waals surface area contributed by atoms with Crippen LogP contribution in [0.4, 0.5) is 0 Å². The van der Waals surface area contributed by atoms with Crippen LogP contribution in [-0.2, 0) is 14.2 Å². The second-order valence-electron chi connectivity index (χ2n) is 10.1. The molecule has 10 N–H and O–H groups in total. The lowest BCUT2D eigenvalue weighted by molar-refractivity contribution is -0.358. The molecule has 0 aliphatic carbocycles. The number of phenols is 3. The molecule has 234 valence electrons. The Labute approximate surface area is 241 Å². The molecule has 2 aliphatic heterocycles. The van der Waals surface area contributed by atoms with Crippen molar-refractivity contribution in [2.24, 2.45) is 0 Å². The third-order valence-corrected chi connectivity index (χ3v) is 7.28. The molecule has 5 rings (SSSR count). The van der Waals surface area contributed by atoms with Crippen molar-refractivity contribution >= 4 is 11.0 Å². The van der Waals surface area contributed by atoms with E-state index < -0.39 is 108 Å². The number of fused-ring (bicyclic) bond motifs is 1. The molecule has 0 radical (unpaired) electrons. The van der Waals surface area contributed by atoms with Gasteiger partial charge in [-0.2, -0.15) is 0 Å². The van der Waals surface area contributed by atoms with Gasteiger partial charge in [-0.1, -0.05) is 0 Å². The van der Waals surface area contributed by atoms with Crippen LogP contribution in [0.5, 0.6) is 23.0 Å². The standard InChI is InChI=1S/C27H30O16/c28-7-15-18(33)21(36)23(38)26(41-15)43-25-22(37)19(34)16(8-29)42-27(25)40-14-6-12(32)17-11(31)5-13(39-24(17)20(14)35)9-1-3-10(30)4-2-9/h1-6,15-16,18-19,21-23,25-30,32-38H,7-8H2/t15?,16?,18-,19-,21+,22+,23?,25?,26+,27-/m1/s1. The van der Waals surface area contributed by atoms with Crippen molar-refractivity contribution in [2.45, 2.75) is 61.4 Å². The highest BCUT2D eigenvalue weighted by atomic mass is 16.8. The summed E-state index contributed by atoms with van der Waals surface area (Å²) in [6.45, 7) is -1.60. The maximum Gasteiger partial charge on any atom is 0.229 e. The molecule has 16 nitrogen and oxygen atoms in total. The second kappa shape index (κ2) is 12.2. The van der Waals surface area contributed by atoms with Crippen LogP contribution in [-0.4, -0.2) is 126 Å². The maximum absolute atomic E-state index is 12.8. The Morgan fingerprint density at radius 2 is 1.35 bits per heavy atom. The number of ether oxygens (including phenoxy) is 4. The summed E-state index contributed by atoms with van der Waals surface area (Å²) in [5.74, 6) is -2.15. The third kappa shape index (κ3) is 5.73. The van der Waals surface area contributed by atoms with E-state index in [0.29, 0.717) is 5.56 Å². The first-order valence-electron chi connectivity index (χ1n) is 13.0. The quantitative estimate of drug-likeness (QED) is 0.125. The van der Waals surface area contributed by atoms with Crippen LogP contribution in [0.15, 0.2) is 45.6 Å². The van der Waals surface area contributed by atoms with Gasteiger partial charge in [0.15, 0.2) is 29.2 Å². The average Bonchev–Trinajstić information content (AvgIpc) is 2.99. The number of benzene rings is 2. The van der Waals surface area contributed by atoms with Crippen LogP contribution in [0.3, 0.4) is 0 Å². The Bertz CT molecular complexity index is 1490. The Morgan fingerprint density at radius 3 is 1.98 bits per heavy atom. The van der Waals surface area contributed by atoms with Crippen molar-refractivity contribution in [3.05, 3.63) is 46.6 Å². The Morgan fingerprint density at radius 1 is 0.744 bits per heavy atom. The first-order chi connectivity index (χ1) is 20.4. The van der Waals surface area contributed by atoms with Gasteiger partial charge in [-0.05, 0) is 24.3 Å². The van der Waals surface area contributed by atoms with Gasteiger partial charge >= 0.3 is 0 Å². The summed E-state index contributed by atoms with van der Waals surface area (Å²) in [5.41, 5.74) is -0.902. The lowest BCUT2D eigenvalue weighted by Gasteiger charge is -2.45. The van der Waals surface area contributed by atoms with E-state index in [4.69, 9.17) is 23.4 Å². The second-order valence-corrected chi connectivity index (χ2v) is 10.1. The summed E-state index contributed by atoms with van der Waals surface area (Å²) >= 11 is 0. The monoisotopic (exact) mass is 610 g/mol. The van der Waals surface area contributed by atoms with E-state index in [1.807, 2.05) is 0 Å². The molecule has 0 bridgehead atoms. The van der Waals surface area contributed by atoms with Crippen LogP contribution >= 0.6 is 0 Å². The van der Waals surface area contributed by atoms with Crippen molar-refractivity contribution in [3.63, 3.8) is 0 Å². The minimum Gasteiger partial charge on any atom is -0.508 e. The largest absolute Gasteiger partial charge is 0.508 e. The number of phenolic OH excluding ortho intramolecular Hbond substituents is 3. The normalized spacial score (nSPS) is 33.0. The van der Waals surface area contributed by atoms with Crippen molar-refractivity contribution in [3.8, 4) is 34.3 Å². The number of aliphatic hydroxyl groups excluding tert-OH is 7. The van der Waals surface area contributed by atoms with E-state index in [1.54, 1.807) is 0 Å². The first kappa shape index (κ1) is 30.9. The number of hydrogen-bond acceptors (Lipinski definition) is 16. The third-order valence-electron chi connectivity index (χ3n) is 7.28. The van der Waals surface area contributed by atoms with Gasteiger partial charge in [-0.25, -0.2) is 0 Å². The van der Waals surface area contributed by atoms with E-state index in [1.165, 1.54) is 24.3 Å².